The van der Waals surface area contributed by atoms with E-state index >= 15 is 0 Å². The molecular weight excluding hydrogens is 168 g/mol. The second-order valence-corrected chi connectivity index (χ2v) is 4.01. The molecule has 3 heteroatoms. The first-order chi connectivity index (χ1) is 5.88. The number of rotatable bonds is 2. The SMILES string of the molecule is C=C(C)C1CC(=O)C(C)(C(=O)O)C1. The second kappa shape index (κ2) is 2.98. The van der Waals surface area contributed by atoms with Gasteiger partial charge in [-0.2, -0.15) is 0 Å². The normalized spacial score (nSPS) is 33.4. The predicted octanol–water partition coefficient (Wildman–Crippen LogP) is 1.63. The predicted molar refractivity (Wildman–Crippen MR) is 48.3 cm³/mol. The lowest BCUT2D eigenvalue weighted by atomic mass is 9.86. The van der Waals surface area contributed by atoms with Gasteiger partial charge in [-0.05, 0) is 26.2 Å². The molecule has 1 aliphatic rings. The highest BCUT2D eigenvalue weighted by Gasteiger charge is 2.48. The summed E-state index contributed by atoms with van der Waals surface area (Å²) in [4.78, 5) is 22.3. The number of carboxylic acids is 1. The number of aliphatic carboxylic acids is 1. The molecule has 1 fully saturated rings. The molecule has 1 aliphatic carbocycles. The molecule has 0 saturated heterocycles. The van der Waals surface area contributed by atoms with Gasteiger partial charge in [-0.15, -0.1) is 0 Å². The van der Waals surface area contributed by atoms with Crippen LogP contribution in [0, 0.1) is 11.3 Å². The summed E-state index contributed by atoms with van der Waals surface area (Å²) < 4.78 is 0. The van der Waals surface area contributed by atoms with Crippen molar-refractivity contribution in [3.8, 4) is 0 Å². The Balaban J connectivity index is 2.89. The quantitative estimate of drug-likeness (QED) is 0.521. The lowest BCUT2D eigenvalue weighted by molar-refractivity contribution is -0.152. The van der Waals surface area contributed by atoms with Crippen LogP contribution in [0.15, 0.2) is 12.2 Å². The number of hydrogen-bond donors (Lipinski definition) is 1. The van der Waals surface area contributed by atoms with Gasteiger partial charge in [0.1, 0.15) is 5.41 Å². The molecule has 0 amide bonds. The van der Waals surface area contributed by atoms with Gasteiger partial charge in [-0.1, -0.05) is 12.2 Å². The number of carboxylic acid groups (broad SMARTS) is 1. The fourth-order valence-electron chi connectivity index (χ4n) is 1.68. The number of Topliss-reactive ketones (excluding diaryl/α,β-unsaturated/α-hetero) is 1. The fraction of sp³-hybridized carbons (Fsp3) is 0.600. The van der Waals surface area contributed by atoms with E-state index in [0.717, 1.165) is 5.57 Å². The van der Waals surface area contributed by atoms with E-state index < -0.39 is 11.4 Å². The minimum Gasteiger partial charge on any atom is -0.481 e. The molecule has 0 radical (unpaired) electrons. The second-order valence-electron chi connectivity index (χ2n) is 4.01. The van der Waals surface area contributed by atoms with Crippen LogP contribution < -0.4 is 0 Å². The molecule has 0 aromatic rings. The van der Waals surface area contributed by atoms with Gasteiger partial charge < -0.3 is 5.11 Å². The summed E-state index contributed by atoms with van der Waals surface area (Å²) in [6.07, 6.45) is 0.731. The Morgan fingerprint density at radius 3 is 2.46 bits per heavy atom. The first kappa shape index (κ1) is 9.96. The lowest BCUT2D eigenvalue weighted by Gasteiger charge is -2.16. The largest absolute Gasteiger partial charge is 0.481 e. The zero-order valence-electron chi connectivity index (χ0n) is 7.96. The molecule has 1 rings (SSSR count). The summed E-state index contributed by atoms with van der Waals surface area (Å²) >= 11 is 0. The molecule has 2 atom stereocenters. The maximum Gasteiger partial charge on any atom is 0.316 e. The van der Waals surface area contributed by atoms with Gasteiger partial charge in [-0.25, -0.2) is 0 Å². The van der Waals surface area contributed by atoms with E-state index in [2.05, 4.69) is 6.58 Å². The molecule has 3 nitrogen and oxygen atoms in total. The van der Waals surface area contributed by atoms with Crippen LogP contribution in [0.2, 0.25) is 0 Å². The average molecular weight is 182 g/mol. The molecular formula is C10H14O3. The van der Waals surface area contributed by atoms with E-state index in [-0.39, 0.29) is 11.7 Å². The number of carbonyl (C=O) groups excluding carboxylic acids is 1. The zero-order valence-corrected chi connectivity index (χ0v) is 7.96. The molecule has 1 N–H and O–H groups in total. The Labute approximate surface area is 77.4 Å². The molecule has 72 valence electrons. The highest BCUT2D eigenvalue weighted by atomic mass is 16.4. The van der Waals surface area contributed by atoms with Gasteiger partial charge in [0.2, 0.25) is 0 Å². The van der Waals surface area contributed by atoms with E-state index in [0.29, 0.717) is 12.8 Å². The van der Waals surface area contributed by atoms with Gasteiger partial charge in [0.05, 0.1) is 0 Å². The molecule has 0 bridgehead atoms. The first-order valence-corrected chi connectivity index (χ1v) is 4.30. The van der Waals surface area contributed by atoms with Crippen LogP contribution >= 0.6 is 0 Å². The molecule has 0 aromatic heterocycles. The van der Waals surface area contributed by atoms with Crippen molar-refractivity contribution in [2.45, 2.75) is 26.7 Å². The summed E-state index contributed by atoms with van der Waals surface area (Å²) in [5.41, 5.74) is -0.276. The first-order valence-electron chi connectivity index (χ1n) is 4.30. The van der Waals surface area contributed by atoms with Crippen molar-refractivity contribution in [2.24, 2.45) is 11.3 Å². The number of allylic oxidation sites excluding steroid dienone is 1. The van der Waals surface area contributed by atoms with Crippen molar-refractivity contribution >= 4 is 11.8 Å². The van der Waals surface area contributed by atoms with Crippen molar-refractivity contribution in [3.63, 3.8) is 0 Å². The molecule has 0 spiro atoms. The minimum atomic E-state index is -1.18. The van der Waals surface area contributed by atoms with Crippen molar-refractivity contribution < 1.29 is 14.7 Å². The van der Waals surface area contributed by atoms with E-state index in [4.69, 9.17) is 5.11 Å². The summed E-state index contributed by atoms with van der Waals surface area (Å²) in [6, 6.07) is 0. The van der Waals surface area contributed by atoms with Gasteiger partial charge in [0.25, 0.3) is 0 Å². The monoisotopic (exact) mass is 182 g/mol. The van der Waals surface area contributed by atoms with Gasteiger partial charge in [-0.3, -0.25) is 9.59 Å². The Bertz CT molecular complexity index is 280. The standard InChI is InChI=1S/C10H14O3/c1-6(2)7-4-8(11)10(3,5-7)9(12)13/h7H,1,4-5H2,2-3H3,(H,12,13). The molecule has 2 unspecified atom stereocenters. The summed E-state index contributed by atoms with van der Waals surface area (Å²) in [6.45, 7) is 7.09. The lowest BCUT2D eigenvalue weighted by Crippen LogP contribution is -2.31. The van der Waals surface area contributed by atoms with Crippen molar-refractivity contribution in [1.82, 2.24) is 0 Å². The Morgan fingerprint density at radius 2 is 2.23 bits per heavy atom. The summed E-state index contributed by atoms with van der Waals surface area (Å²) in [7, 11) is 0. The smallest absolute Gasteiger partial charge is 0.316 e. The Morgan fingerprint density at radius 1 is 1.69 bits per heavy atom. The van der Waals surface area contributed by atoms with E-state index in [1.165, 1.54) is 6.92 Å². The van der Waals surface area contributed by atoms with Crippen LogP contribution in [0.5, 0.6) is 0 Å². The number of hydrogen-bond acceptors (Lipinski definition) is 2. The van der Waals surface area contributed by atoms with Crippen LogP contribution in [0.1, 0.15) is 26.7 Å². The average Bonchev–Trinajstić information content (AvgIpc) is 2.30. The fourth-order valence-corrected chi connectivity index (χ4v) is 1.68. The van der Waals surface area contributed by atoms with Crippen LogP contribution in [0.4, 0.5) is 0 Å². The maximum atomic E-state index is 11.4. The Hall–Kier alpha value is -1.12. The van der Waals surface area contributed by atoms with Crippen molar-refractivity contribution in [3.05, 3.63) is 12.2 Å². The molecule has 0 aromatic carbocycles. The van der Waals surface area contributed by atoms with Gasteiger partial charge in [0, 0.05) is 6.42 Å². The topological polar surface area (TPSA) is 54.4 Å². The van der Waals surface area contributed by atoms with Crippen LogP contribution in [0.25, 0.3) is 0 Å². The van der Waals surface area contributed by atoms with Gasteiger partial charge in [0.15, 0.2) is 5.78 Å². The van der Waals surface area contributed by atoms with Crippen LogP contribution in [-0.4, -0.2) is 16.9 Å². The third kappa shape index (κ3) is 1.50. The van der Waals surface area contributed by atoms with Crippen LogP contribution in [0.3, 0.4) is 0 Å². The third-order valence-corrected chi connectivity index (χ3v) is 2.87. The third-order valence-electron chi connectivity index (χ3n) is 2.87. The molecule has 0 heterocycles. The van der Waals surface area contributed by atoms with Crippen molar-refractivity contribution in [1.29, 1.82) is 0 Å². The highest BCUT2D eigenvalue weighted by molar-refractivity contribution is 6.04. The molecule has 13 heavy (non-hydrogen) atoms. The Kier molecular flexibility index (Phi) is 2.28. The highest BCUT2D eigenvalue weighted by Crippen LogP contribution is 2.41. The van der Waals surface area contributed by atoms with E-state index in [1.54, 1.807) is 0 Å². The van der Waals surface area contributed by atoms with E-state index in [1.807, 2.05) is 6.92 Å². The number of ketones is 1. The van der Waals surface area contributed by atoms with E-state index in [9.17, 15) is 9.59 Å². The molecule has 1 saturated carbocycles. The van der Waals surface area contributed by atoms with Crippen molar-refractivity contribution in [2.75, 3.05) is 0 Å². The molecule has 0 aliphatic heterocycles. The summed E-state index contributed by atoms with van der Waals surface area (Å²) in [5.74, 6) is -1.14. The van der Waals surface area contributed by atoms with Crippen LogP contribution in [-0.2, 0) is 9.59 Å². The minimum absolute atomic E-state index is 0.0496. The van der Waals surface area contributed by atoms with Gasteiger partial charge >= 0.3 is 5.97 Å². The maximum absolute atomic E-state index is 11.4. The number of carbonyl (C=O) groups is 2. The summed E-state index contributed by atoms with van der Waals surface area (Å²) in [5, 5.41) is 8.89. The zero-order chi connectivity index (χ0) is 10.2.